The third kappa shape index (κ3) is 1.72. The molecular weight excluding hydrogens is 152 g/mol. The van der Waals surface area contributed by atoms with Crippen molar-refractivity contribution in [3.05, 3.63) is 41.5 Å². The lowest BCUT2D eigenvalue weighted by atomic mass is 10.1. The minimum Gasteiger partial charge on any atom is -0.392 e. The van der Waals surface area contributed by atoms with Crippen molar-refractivity contribution in [1.29, 1.82) is 0 Å². The molecule has 64 valence electrons. The summed E-state index contributed by atoms with van der Waals surface area (Å²) in [6.07, 6.45) is 1.71. The van der Waals surface area contributed by atoms with Crippen LogP contribution in [0.25, 0.3) is 6.08 Å². The lowest BCUT2D eigenvalue weighted by Crippen LogP contribution is -1.93. The predicted molar refractivity (Wildman–Crippen MR) is 48.4 cm³/mol. The van der Waals surface area contributed by atoms with E-state index in [9.17, 15) is 0 Å². The van der Waals surface area contributed by atoms with E-state index < -0.39 is 0 Å². The lowest BCUT2D eigenvalue weighted by molar-refractivity contribution is 0.260. The Hall–Kier alpha value is -1.12. The molecule has 0 heterocycles. The molecule has 12 heavy (non-hydrogen) atoms. The van der Waals surface area contributed by atoms with Gasteiger partial charge in [0, 0.05) is 0 Å². The van der Waals surface area contributed by atoms with Gasteiger partial charge in [0.2, 0.25) is 0 Å². The zero-order valence-electron chi connectivity index (χ0n) is 6.83. The van der Waals surface area contributed by atoms with Gasteiger partial charge in [0.1, 0.15) is 0 Å². The third-order valence-corrected chi connectivity index (χ3v) is 1.81. The zero-order valence-corrected chi connectivity index (χ0v) is 6.83. The first-order valence-corrected chi connectivity index (χ1v) is 3.77. The van der Waals surface area contributed by atoms with E-state index in [1.807, 2.05) is 12.1 Å². The average molecular weight is 164 g/mol. The minimum absolute atomic E-state index is 0.0344. The summed E-state index contributed by atoms with van der Waals surface area (Å²) in [5.74, 6) is 0. The number of benzene rings is 1. The van der Waals surface area contributed by atoms with Crippen molar-refractivity contribution in [2.75, 3.05) is 0 Å². The van der Waals surface area contributed by atoms with Crippen LogP contribution in [0.3, 0.4) is 0 Å². The Balaban J connectivity index is 3.10. The molecule has 0 aromatic heterocycles. The van der Waals surface area contributed by atoms with Crippen LogP contribution in [-0.2, 0) is 13.2 Å². The summed E-state index contributed by atoms with van der Waals surface area (Å²) < 4.78 is 0. The highest BCUT2D eigenvalue weighted by Crippen LogP contribution is 2.12. The number of aliphatic hydroxyl groups excluding tert-OH is 2. The van der Waals surface area contributed by atoms with Crippen LogP contribution in [0, 0.1) is 0 Å². The first-order chi connectivity index (χ1) is 5.81. The topological polar surface area (TPSA) is 40.5 Å². The molecule has 0 radical (unpaired) electrons. The first-order valence-electron chi connectivity index (χ1n) is 3.77. The molecule has 0 spiro atoms. The molecule has 2 nitrogen and oxygen atoms in total. The van der Waals surface area contributed by atoms with Crippen LogP contribution < -0.4 is 0 Å². The van der Waals surface area contributed by atoms with Crippen LogP contribution in [0.5, 0.6) is 0 Å². The van der Waals surface area contributed by atoms with Crippen LogP contribution in [-0.4, -0.2) is 10.2 Å². The van der Waals surface area contributed by atoms with Crippen molar-refractivity contribution < 1.29 is 10.2 Å². The quantitative estimate of drug-likeness (QED) is 0.707. The molecule has 1 rings (SSSR count). The molecule has 0 unspecified atom stereocenters. The molecule has 0 bridgehead atoms. The van der Waals surface area contributed by atoms with Gasteiger partial charge < -0.3 is 10.2 Å². The van der Waals surface area contributed by atoms with E-state index in [0.29, 0.717) is 0 Å². The Morgan fingerprint density at radius 2 is 1.83 bits per heavy atom. The first kappa shape index (κ1) is 8.97. The summed E-state index contributed by atoms with van der Waals surface area (Å²) in [5, 5.41) is 17.8. The summed E-state index contributed by atoms with van der Waals surface area (Å²) in [4.78, 5) is 0. The fourth-order valence-electron chi connectivity index (χ4n) is 1.07. The van der Waals surface area contributed by atoms with E-state index in [-0.39, 0.29) is 13.2 Å². The van der Waals surface area contributed by atoms with Gasteiger partial charge in [-0.1, -0.05) is 24.8 Å². The van der Waals surface area contributed by atoms with E-state index >= 15 is 0 Å². The van der Waals surface area contributed by atoms with Crippen molar-refractivity contribution in [3.63, 3.8) is 0 Å². The second-order valence-corrected chi connectivity index (χ2v) is 2.55. The van der Waals surface area contributed by atoms with Crippen LogP contribution in [0.2, 0.25) is 0 Å². The fraction of sp³-hybridized carbons (Fsp3) is 0.200. The zero-order chi connectivity index (χ0) is 8.97. The molecule has 1 aromatic rings. The van der Waals surface area contributed by atoms with Crippen molar-refractivity contribution >= 4 is 6.08 Å². The largest absolute Gasteiger partial charge is 0.392 e. The Morgan fingerprint density at radius 3 is 2.33 bits per heavy atom. The molecule has 0 saturated heterocycles. The molecular formula is C10H12O2. The van der Waals surface area contributed by atoms with E-state index in [1.165, 1.54) is 0 Å². The summed E-state index contributed by atoms with van der Waals surface area (Å²) in [6.45, 7) is 3.54. The maximum absolute atomic E-state index is 8.92. The molecule has 0 aliphatic carbocycles. The van der Waals surface area contributed by atoms with Gasteiger partial charge in [0.25, 0.3) is 0 Å². The number of rotatable bonds is 3. The highest BCUT2D eigenvalue weighted by Gasteiger charge is 1.99. The lowest BCUT2D eigenvalue weighted by Gasteiger charge is -2.04. The van der Waals surface area contributed by atoms with Gasteiger partial charge in [-0.15, -0.1) is 0 Å². The standard InChI is InChI=1S/C10H12O2/c1-2-8-3-4-9(6-11)10(5-8)7-12/h2-5,11-12H,1,6-7H2. The van der Waals surface area contributed by atoms with E-state index in [4.69, 9.17) is 10.2 Å². The Morgan fingerprint density at radius 1 is 1.17 bits per heavy atom. The van der Waals surface area contributed by atoms with Crippen molar-refractivity contribution in [2.45, 2.75) is 13.2 Å². The molecule has 0 aliphatic heterocycles. The predicted octanol–water partition coefficient (Wildman–Crippen LogP) is 1.31. The summed E-state index contributed by atoms with van der Waals surface area (Å²) in [5.41, 5.74) is 2.48. The van der Waals surface area contributed by atoms with Crippen molar-refractivity contribution in [3.8, 4) is 0 Å². The van der Waals surface area contributed by atoms with Crippen LogP contribution in [0.15, 0.2) is 24.8 Å². The molecule has 0 aliphatic rings. The van der Waals surface area contributed by atoms with Gasteiger partial charge in [-0.05, 0) is 22.8 Å². The van der Waals surface area contributed by atoms with Crippen molar-refractivity contribution in [2.24, 2.45) is 0 Å². The number of aliphatic hydroxyl groups is 2. The Bertz CT molecular complexity index is 279. The van der Waals surface area contributed by atoms with Gasteiger partial charge >= 0.3 is 0 Å². The molecule has 0 saturated carbocycles. The Labute approximate surface area is 71.8 Å². The molecule has 2 N–H and O–H groups in total. The molecule has 1 aromatic carbocycles. The van der Waals surface area contributed by atoms with Crippen LogP contribution in [0.1, 0.15) is 16.7 Å². The van der Waals surface area contributed by atoms with E-state index in [0.717, 1.165) is 16.7 Å². The van der Waals surface area contributed by atoms with E-state index in [2.05, 4.69) is 6.58 Å². The monoisotopic (exact) mass is 164 g/mol. The Kier molecular flexibility index (Phi) is 3.02. The maximum Gasteiger partial charge on any atom is 0.0685 e. The third-order valence-electron chi connectivity index (χ3n) is 1.81. The van der Waals surface area contributed by atoms with Gasteiger partial charge in [-0.2, -0.15) is 0 Å². The second-order valence-electron chi connectivity index (χ2n) is 2.55. The summed E-state index contributed by atoms with van der Waals surface area (Å²) >= 11 is 0. The molecule has 0 fully saturated rings. The molecule has 0 atom stereocenters. The smallest absolute Gasteiger partial charge is 0.0685 e. The van der Waals surface area contributed by atoms with E-state index in [1.54, 1.807) is 12.1 Å². The highest BCUT2D eigenvalue weighted by molar-refractivity contribution is 5.49. The average Bonchev–Trinajstić information content (AvgIpc) is 2.16. The van der Waals surface area contributed by atoms with Gasteiger partial charge in [-0.3, -0.25) is 0 Å². The van der Waals surface area contributed by atoms with Crippen molar-refractivity contribution in [1.82, 2.24) is 0 Å². The van der Waals surface area contributed by atoms with Gasteiger partial charge in [0.15, 0.2) is 0 Å². The van der Waals surface area contributed by atoms with Gasteiger partial charge in [-0.25, -0.2) is 0 Å². The summed E-state index contributed by atoms with van der Waals surface area (Å²) in [7, 11) is 0. The molecule has 0 amide bonds. The summed E-state index contributed by atoms with van der Waals surface area (Å²) in [6, 6.07) is 5.47. The second kappa shape index (κ2) is 4.04. The maximum atomic E-state index is 8.92. The van der Waals surface area contributed by atoms with Crippen LogP contribution >= 0.6 is 0 Å². The normalized spacial score (nSPS) is 9.83. The highest BCUT2D eigenvalue weighted by atomic mass is 16.3. The van der Waals surface area contributed by atoms with Crippen LogP contribution in [0.4, 0.5) is 0 Å². The number of hydrogen-bond acceptors (Lipinski definition) is 2. The fourth-order valence-corrected chi connectivity index (χ4v) is 1.07. The SMILES string of the molecule is C=Cc1ccc(CO)c(CO)c1. The molecule has 2 heteroatoms. The van der Waals surface area contributed by atoms with Gasteiger partial charge in [0.05, 0.1) is 13.2 Å². The number of hydrogen-bond donors (Lipinski definition) is 2. The minimum atomic E-state index is -0.0441.